The molecule has 4 unspecified atom stereocenters. The number of hydrogen-bond acceptors (Lipinski definition) is 4. The summed E-state index contributed by atoms with van der Waals surface area (Å²) in [6.45, 7) is 1.47. The first kappa shape index (κ1) is 9.66. The molecule has 84 valence electrons. The molecule has 1 N–H and O–H groups in total. The molecule has 0 aromatic carbocycles. The Hall–Kier alpha value is -1.55. The van der Waals surface area contributed by atoms with E-state index in [4.69, 9.17) is 9.47 Å². The summed E-state index contributed by atoms with van der Waals surface area (Å²) in [5.41, 5.74) is 0.454. The van der Waals surface area contributed by atoms with Crippen LogP contribution in [0.1, 0.15) is 6.92 Å². The predicted molar refractivity (Wildman–Crippen MR) is 55.3 cm³/mol. The minimum Gasteiger partial charge on any atom is -0.508 e. The van der Waals surface area contributed by atoms with Crippen molar-refractivity contribution in [3.8, 4) is 0 Å². The lowest BCUT2D eigenvalue weighted by Crippen LogP contribution is -2.27. The molecule has 0 bridgehead atoms. The number of carbonyl (C=O) groups excluding carboxylic acids is 1. The van der Waals surface area contributed by atoms with Crippen LogP contribution in [0.25, 0.3) is 0 Å². The van der Waals surface area contributed by atoms with Crippen molar-refractivity contribution in [1.29, 1.82) is 0 Å². The van der Waals surface area contributed by atoms with Crippen molar-refractivity contribution in [2.75, 3.05) is 0 Å². The number of ether oxygens (including phenoxy) is 2. The maximum absolute atomic E-state index is 11.6. The lowest BCUT2D eigenvalue weighted by atomic mass is 9.79. The summed E-state index contributed by atoms with van der Waals surface area (Å²) in [5.74, 6) is -0.151. The first-order valence-corrected chi connectivity index (χ1v) is 5.28. The fraction of sp³-hybridized carbons (Fsp3) is 0.417. The van der Waals surface area contributed by atoms with Gasteiger partial charge in [-0.1, -0.05) is 6.08 Å². The topological polar surface area (TPSA) is 55.8 Å². The standard InChI is InChI=1S/C12H12O4/c1-6(13)10-8(14)2-3-9-11(10)7-4-5-15-12(7)16-9/h2-5,7,9,11-12,14H,1H3. The fourth-order valence-corrected chi connectivity index (χ4v) is 2.65. The molecule has 0 amide bonds. The summed E-state index contributed by atoms with van der Waals surface area (Å²) < 4.78 is 10.9. The minimum atomic E-state index is -0.320. The molecule has 0 aromatic heterocycles. The summed E-state index contributed by atoms with van der Waals surface area (Å²) in [5, 5.41) is 9.76. The number of hydrogen-bond donors (Lipinski definition) is 1. The quantitative estimate of drug-likeness (QED) is 0.726. The summed E-state index contributed by atoms with van der Waals surface area (Å²) in [7, 11) is 0. The SMILES string of the molecule is CC(=O)C1=C(O)C=CC2OC3OC=CC3C12. The zero-order chi connectivity index (χ0) is 11.3. The van der Waals surface area contributed by atoms with Gasteiger partial charge >= 0.3 is 0 Å². The van der Waals surface area contributed by atoms with Crippen LogP contribution in [-0.4, -0.2) is 23.3 Å². The van der Waals surface area contributed by atoms with Crippen molar-refractivity contribution >= 4 is 5.78 Å². The van der Waals surface area contributed by atoms with Crippen LogP contribution in [0.15, 0.2) is 35.8 Å². The summed E-state index contributed by atoms with van der Waals surface area (Å²) >= 11 is 0. The van der Waals surface area contributed by atoms with E-state index in [-0.39, 0.29) is 35.8 Å². The zero-order valence-corrected chi connectivity index (χ0v) is 8.79. The number of fused-ring (bicyclic) bond motifs is 3. The Kier molecular flexibility index (Phi) is 1.94. The normalized spacial score (nSPS) is 39.6. The van der Waals surface area contributed by atoms with E-state index in [1.807, 2.05) is 6.08 Å². The first-order valence-electron chi connectivity index (χ1n) is 5.28. The molecule has 2 aliphatic heterocycles. The van der Waals surface area contributed by atoms with Gasteiger partial charge < -0.3 is 14.6 Å². The van der Waals surface area contributed by atoms with Gasteiger partial charge in [-0.25, -0.2) is 0 Å². The molecule has 2 heterocycles. The predicted octanol–water partition coefficient (Wildman–Crippen LogP) is 1.46. The Balaban J connectivity index is 2.04. The van der Waals surface area contributed by atoms with Gasteiger partial charge in [-0.2, -0.15) is 0 Å². The van der Waals surface area contributed by atoms with Crippen molar-refractivity contribution in [1.82, 2.24) is 0 Å². The van der Waals surface area contributed by atoms with E-state index in [1.54, 1.807) is 12.3 Å². The van der Waals surface area contributed by atoms with Gasteiger partial charge in [-0.15, -0.1) is 0 Å². The Bertz CT molecular complexity index is 432. The molecule has 1 aliphatic carbocycles. The van der Waals surface area contributed by atoms with Crippen molar-refractivity contribution in [2.45, 2.75) is 19.3 Å². The summed E-state index contributed by atoms with van der Waals surface area (Å²) in [6.07, 6.45) is 6.31. The van der Waals surface area contributed by atoms with E-state index in [2.05, 4.69) is 0 Å². The van der Waals surface area contributed by atoms with Gasteiger partial charge in [0.1, 0.15) is 5.76 Å². The smallest absolute Gasteiger partial charge is 0.206 e. The van der Waals surface area contributed by atoms with Crippen LogP contribution in [0.3, 0.4) is 0 Å². The summed E-state index contributed by atoms with van der Waals surface area (Å²) in [4.78, 5) is 11.6. The van der Waals surface area contributed by atoms with Gasteiger partial charge in [0.2, 0.25) is 6.29 Å². The Labute approximate surface area is 92.9 Å². The van der Waals surface area contributed by atoms with Crippen LogP contribution in [0.5, 0.6) is 0 Å². The number of carbonyl (C=O) groups is 1. The van der Waals surface area contributed by atoms with Crippen molar-refractivity contribution < 1.29 is 19.4 Å². The second-order valence-corrected chi connectivity index (χ2v) is 4.25. The van der Waals surface area contributed by atoms with Crippen molar-refractivity contribution in [3.05, 3.63) is 35.8 Å². The fourth-order valence-electron chi connectivity index (χ4n) is 2.65. The van der Waals surface area contributed by atoms with Crippen molar-refractivity contribution in [3.63, 3.8) is 0 Å². The molecule has 4 heteroatoms. The second-order valence-electron chi connectivity index (χ2n) is 4.25. The van der Waals surface area contributed by atoms with Gasteiger partial charge in [0.05, 0.1) is 18.3 Å². The van der Waals surface area contributed by atoms with Crippen LogP contribution in [-0.2, 0) is 14.3 Å². The van der Waals surface area contributed by atoms with E-state index in [9.17, 15) is 9.90 Å². The van der Waals surface area contributed by atoms with Crippen molar-refractivity contribution in [2.24, 2.45) is 11.8 Å². The highest BCUT2D eigenvalue weighted by Gasteiger charge is 2.49. The molecule has 3 aliphatic rings. The molecule has 0 spiro atoms. The molecule has 3 rings (SSSR count). The second kappa shape index (κ2) is 3.22. The first-order chi connectivity index (χ1) is 7.68. The number of Topliss-reactive ketones (excluding diaryl/α,β-unsaturated/α-hetero) is 1. The average Bonchev–Trinajstić information content (AvgIpc) is 2.77. The lowest BCUT2D eigenvalue weighted by molar-refractivity contribution is -0.114. The molecule has 0 radical (unpaired) electrons. The Morgan fingerprint density at radius 1 is 1.44 bits per heavy atom. The number of aliphatic hydroxyl groups is 1. The molecule has 1 saturated heterocycles. The Morgan fingerprint density at radius 2 is 2.25 bits per heavy atom. The monoisotopic (exact) mass is 220 g/mol. The highest BCUT2D eigenvalue weighted by Crippen LogP contribution is 2.45. The van der Waals surface area contributed by atoms with Crippen LogP contribution in [0, 0.1) is 11.8 Å². The van der Waals surface area contributed by atoms with E-state index < -0.39 is 0 Å². The van der Waals surface area contributed by atoms with Crippen LogP contribution in [0.2, 0.25) is 0 Å². The molecular weight excluding hydrogens is 208 g/mol. The third-order valence-corrected chi connectivity index (χ3v) is 3.32. The zero-order valence-electron chi connectivity index (χ0n) is 8.79. The molecule has 0 aromatic rings. The molecule has 1 fully saturated rings. The van der Waals surface area contributed by atoms with E-state index >= 15 is 0 Å². The maximum atomic E-state index is 11.6. The van der Waals surface area contributed by atoms with Gasteiger partial charge in [0.25, 0.3) is 0 Å². The van der Waals surface area contributed by atoms with Crippen LogP contribution < -0.4 is 0 Å². The maximum Gasteiger partial charge on any atom is 0.206 e. The summed E-state index contributed by atoms with van der Waals surface area (Å²) in [6, 6.07) is 0. The molecule has 0 saturated carbocycles. The van der Waals surface area contributed by atoms with E-state index in [0.29, 0.717) is 5.57 Å². The Morgan fingerprint density at radius 3 is 3.00 bits per heavy atom. The highest BCUT2D eigenvalue weighted by molar-refractivity contribution is 5.95. The van der Waals surface area contributed by atoms with E-state index in [0.717, 1.165) is 0 Å². The third-order valence-electron chi connectivity index (χ3n) is 3.32. The number of ketones is 1. The van der Waals surface area contributed by atoms with Crippen LogP contribution in [0.4, 0.5) is 0 Å². The van der Waals surface area contributed by atoms with E-state index in [1.165, 1.54) is 13.0 Å². The highest BCUT2D eigenvalue weighted by atomic mass is 16.7. The van der Waals surface area contributed by atoms with Gasteiger partial charge in [-0.3, -0.25) is 4.79 Å². The third kappa shape index (κ3) is 1.16. The minimum absolute atomic E-state index is 0.0241. The largest absolute Gasteiger partial charge is 0.508 e. The number of aliphatic hydroxyl groups excluding tert-OH is 1. The lowest BCUT2D eigenvalue weighted by Gasteiger charge is -2.23. The molecule has 4 atom stereocenters. The molecule has 16 heavy (non-hydrogen) atoms. The van der Waals surface area contributed by atoms with Crippen LogP contribution >= 0.6 is 0 Å². The van der Waals surface area contributed by atoms with Gasteiger partial charge in [-0.05, 0) is 19.1 Å². The number of rotatable bonds is 1. The number of allylic oxidation sites excluding steroid dienone is 1. The average molecular weight is 220 g/mol. The van der Waals surface area contributed by atoms with Gasteiger partial charge in [0.15, 0.2) is 5.78 Å². The molecule has 4 nitrogen and oxygen atoms in total. The van der Waals surface area contributed by atoms with Gasteiger partial charge in [0, 0.05) is 11.5 Å². The molecular formula is C12H12O4.